The summed E-state index contributed by atoms with van der Waals surface area (Å²) in [5.74, 6) is 0. The van der Waals surface area contributed by atoms with Crippen LogP contribution in [0.3, 0.4) is 0 Å². The van der Waals surface area contributed by atoms with E-state index in [0.29, 0.717) is 15.5 Å². The predicted molar refractivity (Wildman–Crippen MR) is 65.2 cm³/mol. The molecule has 5 nitrogen and oxygen atoms in total. The maximum Gasteiger partial charge on any atom is 0.328 e. The van der Waals surface area contributed by atoms with Crippen molar-refractivity contribution in [3.63, 3.8) is 0 Å². The largest absolute Gasteiger partial charge is 0.328 e. The first-order valence-corrected chi connectivity index (χ1v) is 6.14. The Hall–Kier alpha value is -0.920. The van der Waals surface area contributed by atoms with Gasteiger partial charge in [-0.25, -0.2) is 9.78 Å². The highest BCUT2D eigenvalue weighted by molar-refractivity contribution is 9.10. The number of halogens is 2. The third-order valence-corrected chi connectivity index (χ3v) is 3.48. The molecule has 0 saturated heterocycles. The molecule has 2 aromatic rings. The van der Waals surface area contributed by atoms with Crippen molar-refractivity contribution < 1.29 is 0 Å². The number of nitrogens with zero attached hydrogens (tertiary/aromatic N) is 2. The molecule has 2 aromatic heterocycles. The molecule has 0 amide bonds. The maximum atomic E-state index is 11.4. The summed E-state index contributed by atoms with van der Waals surface area (Å²) in [4.78, 5) is 29.4. The molecule has 0 atom stereocenters. The SMILES string of the molecule is O=c1[nH]c(=O)n(Cc2cnc(Cl)s2)cc1Br. The summed E-state index contributed by atoms with van der Waals surface area (Å²) in [6, 6.07) is 0. The molecule has 0 saturated carbocycles. The van der Waals surface area contributed by atoms with Crippen molar-refractivity contribution in [3.8, 4) is 0 Å². The average Bonchev–Trinajstić information content (AvgIpc) is 2.60. The van der Waals surface area contributed by atoms with Crippen LogP contribution >= 0.6 is 38.9 Å². The number of aromatic amines is 1. The van der Waals surface area contributed by atoms with Crippen molar-refractivity contribution in [1.29, 1.82) is 0 Å². The highest BCUT2D eigenvalue weighted by Gasteiger charge is 2.05. The van der Waals surface area contributed by atoms with Gasteiger partial charge in [0.25, 0.3) is 5.56 Å². The van der Waals surface area contributed by atoms with Crippen LogP contribution in [0.1, 0.15) is 4.88 Å². The Morgan fingerprint density at radius 3 is 2.94 bits per heavy atom. The summed E-state index contributed by atoms with van der Waals surface area (Å²) in [5, 5.41) is 0. The highest BCUT2D eigenvalue weighted by atomic mass is 79.9. The molecule has 0 aliphatic heterocycles. The van der Waals surface area contributed by atoms with Gasteiger partial charge in [-0.2, -0.15) is 0 Å². The second kappa shape index (κ2) is 4.52. The van der Waals surface area contributed by atoms with E-state index in [4.69, 9.17) is 11.6 Å². The molecule has 0 spiro atoms. The minimum absolute atomic E-state index is 0.308. The van der Waals surface area contributed by atoms with Gasteiger partial charge in [0, 0.05) is 17.3 Å². The second-order valence-electron chi connectivity index (χ2n) is 2.94. The Balaban J connectivity index is 2.39. The summed E-state index contributed by atoms with van der Waals surface area (Å²) >= 11 is 10.0. The van der Waals surface area contributed by atoms with Crippen molar-refractivity contribution in [2.45, 2.75) is 6.54 Å². The van der Waals surface area contributed by atoms with Crippen molar-refractivity contribution in [1.82, 2.24) is 14.5 Å². The minimum atomic E-state index is -0.460. The quantitative estimate of drug-likeness (QED) is 0.910. The van der Waals surface area contributed by atoms with Crippen LogP contribution in [0.25, 0.3) is 0 Å². The Bertz CT molecular complexity index is 633. The van der Waals surface area contributed by atoms with E-state index in [0.717, 1.165) is 4.88 Å². The van der Waals surface area contributed by atoms with Gasteiger partial charge in [-0.1, -0.05) is 11.6 Å². The molecule has 0 aliphatic rings. The molecule has 0 fully saturated rings. The Kier molecular flexibility index (Phi) is 3.27. The third kappa shape index (κ3) is 2.42. The lowest BCUT2D eigenvalue weighted by Crippen LogP contribution is -2.29. The van der Waals surface area contributed by atoms with Crippen LogP contribution in [0, 0.1) is 0 Å². The van der Waals surface area contributed by atoms with Crippen LogP contribution in [-0.4, -0.2) is 14.5 Å². The molecule has 8 heteroatoms. The van der Waals surface area contributed by atoms with E-state index in [2.05, 4.69) is 25.9 Å². The molecule has 0 radical (unpaired) electrons. The molecular weight excluding hydrogens is 318 g/mol. The van der Waals surface area contributed by atoms with Gasteiger partial charge < -0.3 is 0 Å². The van der Waals surface area contributed by atoms with Gasteiger partial charge in [0.1, 0.15) is 0 Å². The number of H-pyrrole nitrogens is 1. The molecule has 16 heavy (non-hydrogen) atoms. The van der Waals surface area contributed by atoms with E-state index >= 15 is 0 Å². The number of aromatic nitrogens is 3. The Morgan fingerprint density at radius 2 is 2.31 bits per heavy atom. The number of hydrogen-bond donors (Lipinski definition) is 1. The zero-order chi connectivity index (χ0) is 11.7. The van der Waals surface area contributed by atoms with E-state index in [-0.39, 0.29) is 0 Å². The van der Waals surface area contributed by atoms with E-state index in [9.17, 15) is 9.59 Å². The first-order chi connectivity index (χ1) is 7.56. The van der Waals surface area contributed by atoms with E-state index in [1.807, 2.05) is 0 Å². The number of thiazole rings is 1. The van der Waals surface area contributed by atoms with Gasteiger partial charge in [0.05, 0.1) is 11.0 Å². The van der Waals surface area contributed by atoms with Crippen LogP contribution in [0.2, 0.25) is 4.47 Å². The molecule has 0 bridgehead atoms. The Morgan fingerprint density at radius 1 is 1.56 bits per heavy atom. The average molecular weight is 323 g/mol. The Labute approximate surface area is 107 Å². The number of nitrogens with one attached hydrogen (secondary N) is 1. The molecule has 2 heterocycles. The molecule has 0 aromatic carbocycles. The summed E-state index contributed by atoms with van der Waals surface area (Å²) in [6.45, 7) is 0.332. The minimum Gasteiger partial charge on any atom is -0.294 e. The lowest BCUT2D eigenvalue weighted by Gasteiger charge is -2.02. The molecule has 0 unspecified atom stereocenters. The second-order valence-corrected chi connectivity index (χ2v) is 5.50. The first-order valence-electron chi connectivity index (χ1n) is 4.16. The first kappa shape index (κ1) is 11.6. The van der Waals surface area contributed by atoms with Crippen molar-refractivity contribution in [3.05, 3.63) is 47.0 Å². The summed E-state index contributed by atoms with van der Waals surface area (Å²) < 4.78 is 2.10. The molecule has 2 rings (SSSR count). The predicted octanol–water partition coefficient (Wildman–Crippen LogP) is 1.46. The van der Waals surface area contributed by atoms with Crippen molar-refractivity contribution >= 4 is 38.9 Å². The van der Waals surface area contributed by atoms with Crippen LogP contribution in [0.4, 0.5) is 0 Å². The zero-order valence-corrected chi connectivity index (χ0v) is 10.9. The topological polar surface area (TPSA) is 67.8 Å². The standard InChI is InChI=1S/C8H5BrClN3O2S/c9-5-3-13(8(15)12-6(5)14)2-4-1-11-7(10)16-4/h1,3H,2H2,(H,12,14,15). The molecule has 1 N–H and O–H groups in total. The summed E-state index contributed by atoms with van der Waals surface area (Å²) in [5.41, 5.74) is -0.902. The van der Waals surface area contributed by atoms with Gasteiger partial charge in [-0.05, 0) is 15.9 Å². The lowest BCUT2D eigenvalue weighted by molar-refractivity contribution is 0.723. The normalized spacial score (nSPS) is 10.6. The number of rotatable bonds is 2. The van der Waals surface area contributed by atoms with Gasteiger partial charge in [-0.15, -0.1) is 11.3 Å². The fourth-order valence-electron chi connectivity index (χ4n) is 1.12. The van der Waals surface area contributed by atoms with Crippen molar-refractivity contribution in [2.24, 2.45) is 0 Å². The van der Waals surface area contributed by atoms with Gasteiger partial charge >= 0.3 is 5.69 Å². The zero-order valence-electron chi connectivity index (χ0n) is 7.74. The monoisotopic (exact) mass is 321 g/mol. The van der Waals surface area contributed by atoms with Gasteiger partial charge in [0.15, 0.2) is 4.47 Å². The molecular formula is C8H5BrClN3O2S. The maximum absolute atomic E-state index is 11.4. The number of hydrogen-bond acceptors (Lipinski definition) is 4. The summed E-state index contributed by atoms with van der Waals surface area (Å²) in [7, 11) is 0. The molecule has 84 valence electrons. The van der Waals surface area contributed by atoms with Crippen molar-refractivity contribution in [2.75, 3.05) is 0 Å². The van der Waals surface area contributed by atoms with E-state index in [1.165, 1.54) is 22.1 Å². The van der Waals surface area contributed by atoms with Crippen LogP contribution < -0.4 is 11.2 Å². The fourth-order valence-corrected chi connectivity index (χ4v) is 2.45. The van der Waals surface area contributed by atoms with Gasteiger partial charge in [-0.3, -0.25) is 14.3 Å². The fraction of sp³-hybridized carbons (Fsp3) is 0.125. The van der Waals surface area contributed by atoms with Crippen LogP contribution in [0.15, 0.2) is 26.5 Å². The third-order valence-electron chi connectivity index (χ3n) is 1.82. The van der Waals surface area contributed by atoms with Crippen LogP contribution in [-0.2, 0) is 6.54 Å². The lowest BCUT2D eigenvalue weighted by atomic mass is 10.5. The summed E-state index contributed by atoms with van der Waals surface area (Å²) in [6.07, 6.45) is 3.03. The smallest absolute Gasteiger partial charge is 0.294 e. The van der Waals surface area contributed by atoms with Gasteiger partial charge in [0.2, 0.25) is 0 Å². The highest BCUT2D eigenvalue weighted by Crippen LogP contribution is 2.18. The van der Waals surface area contributed by atoms with Crippen LogP contribution in [0.5, 0.6) is 0 Å². The van der Waals surface area contributed by atoms with E-state index < -0.39 is 11.2 Å². The van der Waals surface area contributed by atoms with E-state index in [1.54, 1.807) is 6.20 Å². The molecule has 0 aliphatic carbocycles.